The number of aromatic amines is 1. The molecule has 0 saturated carbocycles. The third-order valence-electron chi connectivity index (χ3n) is 8.06. The van der Waals surface area contributed by atoms with Crippen LogP contribution in [-0.4, -0.2) is 80.9 Å². The van der Waals surface area contributed by atoms with E-state index in [0.717, 1.165) is 35.1 Å². The number of carbonyl (C=O) groups is 1. The normalized spacial score (nSPS) is 20.1. The van der Waals surface area contributed by atoms with E-state index >= 15 is 0 Å². The Morgan fingerprint density at radius 3 is 2.40 bits per heavy atom. The molecule has 2 aromatic heterocycles. The zero-order valence-corrected chi connectivity index (χ0v) is 24.9. The van der Waals surface area contributed by atoms with Crippen LogP contribution in [0.5, 0.6) is 0 Å². The molecule has 214 valence electrons. The number of rotatable bonds is 5. The van der Waals surface area contributed by atoms with Gasteiger partial charge in [-0.15, -0.1) is 0 Å². The van der Waals surface area contributed by atoms with E-state index in [4.69, 9.17) is 19.0 Å². The summed E-state index contributed by atoms with van der Waals surface area (Å²) < 4.78 is 18.0. The van der Waals surface area contributed by atoms with Crippen molar-refractivity contribution < 1.29 is 18.8 Å². The number of hydrogen-bond donors (Lipinski definition) is 2. The maximum atomic E-state index is 12.4. The zero-order valence-electron chi connectivity index (χ0n) is 24.9. The van der Waals surface area contributed by atoms with Gasteiger partial charge in [0, 0.05) is 38.4 Å². The minimum Gasteiger partial charge on any atom is -0.444 e. The smallest absolute Gasteiger partial charge is 0.444 e. The molecule has 0 bridgehead atoms. The van der Waals surface area contributed by atoms with Crippen LogP contribution in [0.15, 0.2) is 36.5 Å². The summed E-state index contributed by atoms with van der Waals surface area (Å²) in [4.78, 5) is 29.2. The Balaban J connectivity index is 1.23. The second-order valence-electron chi connectivity index (χ2n) is 12.7. The molecule has 4 heterocycles. The van der Waals surface area contributed by atoms with Crippen molar-refractivity contribution in [3.8, 4) is 0 Å². The van der Waals surface area contributed by atoms with Gasteiger partial charge in [0.15, 0.2) is 0 Å². The van der Waals surface area contributed by atoms with Crippen molar-refractivity contribution in [1.29, 1.82) is 0 Å². The number of ether oxygens (including phenoxy) is 1. The number of hydrogen-bond acceptors (Lipinski definition) is 8. The monoisotopic (exact) mass is 548 g/mol. The van der Waals surface area contributed by atoms with E-state index in [1.165, 1.54) is 0 Å². The fourth-order valence-corrected chi connectivity index (χ4v) is 4.94. The third kappa shape index (κ3) is 5.96. The Morgan fingerprint density at radius 2 is 1.75 bits per heavy atom. The minimum atomic E-state index is -0.489. The molecule has 1 aromatic carbocycles. The first-order valence-electron chi connectivity index (χ1n) is 14.0. The van der Waals surface area contributed by atoms with Gasteiger partial charge in [-0.2, -0.15) is 0 Å². The van der Waals surface area contributed by atoms with Gasteiger partial charge in [0.1, 0.15) is 11.4 Å². The number of H-pyrrole nitrogens is 1. The largest absolute Gasteiger partial charge is 0.494 e. The lowest BCUT2D eigenvalue weighted by molar-refractivity contribution is 0.00578. The van der Waals surface area contributed by atoms with Gasteiger partial charge in [-0.05, 0) is 90.7 Å². The Hall–Kier alpha value is -3.15. The number of imidazole rings is 1. The van der Waals surface area contributed by atoms with E-state index in [2.05, 4.69) is 54.8 Å². The number of fused-ring (bicyclic) bond motifs is 1. The Labute approximate surface area is 236 Å². The highest BCUT2D eigenvalue weighted by Crippen LogP contribution is 2.36. The summed E-state index contributed by atoms with van der Waals surface area (Å²) in [7, 11) is -0.431. The number of nitrogens with one attached hydrogen (secondary N) is 2. The molecule has 1 unspecified atom stereocenters. The topological polar surface area (TPSA) is 105 Å². The van der Waals surface area contributed by atoms with Crippen LogP contribution < -0.4 is 10.8 Å². The van der Waals surface area contributed by atoms with Crippen LogP contribution in [0.25, 0.3) is 11.0 Å². The van der Waals surface area contributed by atoms with Crippen LogP contribution in [-0.2, 0) is 14.0 Å². The van der Waals surface area contributed by atoms with E-state index in [-0.39, 0.29) is 12.1 Å². The molecular weight excluding hydrogens is 507 g/mol. The van der Waals surface area contributed by atoms with Crippen molar-refractivity contribution in [3.63, 3.8) is 0 Å². The summed E-state index contributed by atoms with van der Waals surface area (Å²) in [6, 6.07) is 10.2. The maximum Gasteiger partial charge on any atom is 0.494 e. The molecule has 2 fully saturated rings. The van der Waals surface area contributed by atoms with Crippen molar-refractivity contribution in [1.82, 2.24) is 24.8 Å². The molecule has 5 rings (SSSR count). The molecule has 3 aromatic rings. The molecule has 2 N–H and O–H groups in total. The summed E-state index contributed by atoms with van der Waals surface area (Å²) in [6.45, 7) is 18.9. The van der Waals surface area contributed by atoms with Crippen molar-refractivity contribution in [2.24, 2.45) is 0 Å². The minimum absolute atomic E-state index is 0.169. The summed E-state index contributed by atoms with van der Waals surface area (Å²) in [5.74, 6) is 1.33. The van der Waals surface area contributed by atoms with Crippen molar-refractivity contribution >= 4 is 41.5 Å². The van der Waals surface area contributed by atoms with Gasteiger partial charge in [-0.25, -0.2) is 14.8 Å². The van der Waals surface area contributed by atoms with Crippen molar-refractivity contribution in [3.05, 3.63) is 42.1 Å². The van der Waals surface area contributed by atoms with Gasteiger partial charge >= 0.3 is 13.2 Å². The summed E-state index contributed by atoms with van der Waals surface area (Å²) in [5.41, 5.74) is 2.54. The van der Waals surface area contributed by atoms with E-state index in [1.807, 2.05) is 57.3 Å². The lowest BCUT2D eigenvalue weighted by Crippen LogP contribution is -2.50. The quantitative estimate of drug-likeness (QED) is 0.446. The molecule has 0 spiro atoms. The molecule has 40 heavy (non-hydrogen) atoms. The lowest BCUT2D eigenvalue weighted by atomic mass is 9.79. The second-order valence-corrected chi connectivity index (χ2v) is 12.7. The number of benzene rings is 1. The van der Waals surface area contributed by atoms with Crippen LogP contribution in [0.2, 0.25) is 0 Å². The van der Waals surface area contributed by atoms with Crippen LogP contribution >= 0.6 is 0 Å². The molecule has 2 aliphatic rings. The van der Waals surface area contributed by atoms with Crippen molar-refractivity contribution in [2.75, 3.05) is 31.5 Å². The van der Waals surface area contributed by atoms with Gasteiger partial charge < -0.3 is 29.2 Å². The van der Waals surface area contributed by atoms with E-state index in [9.17, 15) is 4.79 Å². The fraction of sp³-hybridized carbons (Fsp3) is 0.552. The van der Waals surface area contributed by atoms with E-state index in [0.29, 0.717) is 24.9 Å². The molecule has 0 aliphatic carbocycles. The molecule has 2 aliphatic heterocycles. The van der Waals surface area contributed by atoms with Crippen LogP contribution in [0.3, 0.4) is 0 Å². The number of aromatic nitrogens is 3. The molecule has 2 saturated heterocycles. The molecule has 1 atom stereocenters. The molecule has 1 amide bonds. The standard InChI is InChI=1S/C29H41BN6O4/c1-19(35-13-15-36(16-14-35)26(37)38-27(2,3)4)20-11-12-31-24(17-20)34-25-32-22-10-9-21(18-23(22)33-25)30-39-28(5,6)29(7,8)40-30/h9-12,17-19H,13-16H2,1-8H3,(H2,31,32,33,34). The Morgan fingerprint density at radius 1 is 1.07 bits per heavy atom. The average molecular weight is 548 g/mol. The van der Waals surface area contributed by atoms with Crippen LogP contribution in [0.4, 0.5) is 16.6 Å². The first-order valence-corrected chi connectivity index (χ1v) is 14.0. The van der Waals surface area contributed by atoms with Crippen LogP contribution in [0.1, 0.15) is 67.0 Å². The SMILES string of the molecule is CC(c1ccnc(Nc2nc3ccc(B4OC(C)(C)C(C)(C)O4)cc3[nH]2)c1)N1CCN(C(=O)OC(C)(C)C)CC1. The van der Waals surface area contributed by atoms with E-state index in [1.54, 1.807) is 4.90 Å². The predicted octanol–water partition coefficient (Wildman–Crippen LogP) is 4.61. The fourth-order valence-electron chi connectivity index (χ4n) is 4.94. The number of nitrogens with zero attached hydrogens (tertiary/aromatic N) is 4. The summed E-state index contributed by atoms with van der Waals surface area (Å²) >= 11 is 0. The van der Waals surface area contributed by atoms with Gasteiger partial charge in [0.25, 0.3) is 0 Å². The molecule has 10 nitrogen and oxygen atoms in total. The number of carbonyl (C=O) groups excluding carboxylic acids is 1. The predicted molar refractivity (Wildman–Crippen MR) is 157 cm³/mol. The number of amides is 1. The molecule has 11 heteroatoms. The maximum absolute atomic E-state index is 12.4. The van der Waals surface area contributed by atoms with E-state index < -0.39 is 23.9 Å². The van der Waals surface area contributed by atoms with Crippen molar-refractivity contribution in [2.45, 2.75) is 78.2 Å². The highest BCUT2D eigenvalue weighted by molar-refractivity contribution is 6.62. The Kier molecular flexibility index (Phi) is 7.35. The first kappa shape index (κ1) is 28.4. The number of pyridine rings is 1. The van der Waals surface area contributed by atoms with Gasteiger partial charge in [-0.3, -0.25) is 4.90 Å². The van der Waals surface area contributed by atoms with Crippen LogP contribution in [0, 0.1) is 0 Å². The number of piperazine rings is 1. The van der Waals surface area contributed by atoms with Gasteiger partial charge in [-0.1, -0.05) is 6.07 Å². The molecular formula is C29H41BN6O4. The van der Waals surface area contributed by atoms with Gasteiger partial charge in [0.2, 0.25) is 5.95 Å². The average Bonchev–Trinajstić information content (AvgIpc) is 3.37. The summed E-state index contributed by atoms with van der Waals surface area (Å²) in [5, 5.41) is 3.32. The highest BCUT2D eigenvalue weighted by atomic mass is 16.7. The first-order chi connectivity index (χ1) is 18.7. The third-order valence-corrected chi connectivity index (χ3v) is 8.06. The number of anilines is 2. The summed E-state index contributed by atoms with van der Waals surface area (Å²) in [6.07, 6.45) is 1.56. The van der Waals surface area contributed by atoms with Gasteiger partial charge in [0.05, 0.1) is 22.2 Å². The Bertz CT molecular complexity index is 1360. The highest BCUT2D eigenvalue weighted by Gasteiger charge is 2.51. The second kappa shape index (κ2) is 10.4. The zero-order chi connectivity index (χ0) is 28.9. The lowest BCUT2D eigenvalue weighted by Gasteiger charge is -2.38. The molecule has 0 radical (unpaired) electrons.